The number of carbonyl (C=O) groups excluding carboxylic acids is 1. The van der Waals surface area contributed by atoms with Gasteiger partial charge >= 0.3 is 6.09 Å². The van der Waals surface area contributed by atoms with E-state index >= 15 is 0 Å². The Morgan fingerprint density at radius 3 is 2.52 bits per heavy atom. The van der Waals surface area contributed by atoms with Gasteiger partial charge < -0.3 is 19.5 Å². The van der Waals surface area contributed by atoms with Gasteiger partial charge in [-0.25, -0.2) is 4.79 Å². The van der Waals surface area contributed by atoms with E-state index in [2.05, 4.69) is 0 Å². The zero-order valence-corrected chi connectivity index (χ0v) is 17.0. The lowest BCUT2D eigenvalue weighted by Crippen LogP contribution is -2.57. The zero-order valence-electron chi connectivity index (χ0n) is 16.3. The zero-order chi connectivity index (χ0) is 21.5. The Balaban J connectivity index is 1.63. The number of carbonyl (C=O) groups is 2. The normalized spacial score (nSPS) is 21.8. The average Bonchev–Trinajstić information content (AvgIpc) is 2.89. The fraction of sp³-hybridized carbons (Fsp3) is 0.556. The molecule has 1 aromatic carbocycles. The van der Waals surface area contributed by atoms with Crippen molar-refractivity contribution in [3.05, 3.63) is 38.4 Å². The molecule has 1 fully saturated rings. The van der Waals surface area contributed by atoms with Crippen molar-refractivity contribution in [1.29, 1.82) is 0 Å². The Morgan fingerprint density at radius 1 is 1.38 bits per heavy atom. The number of ether oxygens (including phenoxy) is 2. The maximum atomic E-state index is 12.6. The number of nitro benzene ring substituents is 1. The molecule has 0 aliphatic carbocycles. The lowest BCUT2D eigenvalue weighted by molar-refractivity contribution is -0.384. The minimum absolute atomic E-state index is 0.0899. The van der Waals surface area contributed by atoms with Crippen LogP contribution in [-0.2, 0) is 16.0 Å². The van der Waals surface area contributed by atoms with Crippen LogP contribution in [0, 0.1) is 10.1 Å². The maximum Gasteiger partial charge on any atom is 0.408 e. The first kappa shape index (κ1) is 21.3. The van der Waals surface area contributed by atoms with Crippen molar-refractivity contribution in [2.45, 2.75) is 45.2 Å². The minimum atomic E-state index is -1.06. The van der Waals surface area contributed by atoms with E-state index in [-0.39, 0.29) is 42.9 Å². The van der Waals surface area contributed by atoms with Crippen molar-refractivity contribution < 1.29 is 29.1 Å². The van der Waals surface area contributed by atoms with E-state index < -0.39 is 28.9 Å². The molecule has 1 aromatic rings. The molecule has 1 N–H and O–H groups in total. The highest BCUT2D eigenvalue weighted by Gasteiger charge is 2.38. The van der Waals surface area contributed by atoms with Crippen molar-refractivity contribution in [2.24, 2.45) is 0 Å². The molecule has 0 unspecified atom stereocenters. The molecule has 158 valence electrons. The first-order valence-corrected chi connectivity index (χ1v) is 9.38. The monoisotopic (exact) mass is 427 g/mol. The number of nitrogens with zero attached hydrogens (tertiary/aromatic N) is 3. The van der Waals surface area contributed by atoms with Crippen LogP contribution in [0.1, 0.15) is 36.7 Å². The molecule has 0 saturated carbocycles. The average molecular weight is 428 g/mol. The first-order valence-electron chi connectivity index (χ1n) is 9.00. The standard InChI is InChI=1S/C18H22ClN3O7/c1-18(2,3)21(17(24)25)11-8-28-15(29-9-11)7-20-6-10-4-14(22(26)27)13(19)5-12(10)16(20)23/h4-5,11,15H,6-9H2,1-3H3,(H,24,25). The predicted molar refractivity (Wildman–Crippen MR) is 102 cm³/mol. The van der Waals surface area contributed by atoms with E-state index in [0.717, 1.165) is 0 Å². The van der Waals surface area contributed by atoms with Crippen molar-refractivity contribution in [3.8, 4) is 0 Å². The highest BCUT2D eigenvalue weighted by atomic mass is 35.5. The smallest absolute Gasteiger partial charge is 0.408 e. The second-order valence-electron chi connectivity index (χ2n) is 7.98. The number of hydrogen-bond acceptors (Lipinski definition) is 6. The van der Waals surface area contributed by atoms with E-state index in [1.807, 2.05) is 0 Å². The molecule has 3 rings (SSSR count). The summed E-state index contributed by atoms with van der Waals surface area (Å²) in [5, 5.41) is 20.4. The van der Waals surface area contributed by atoms with Gasteiger partial charge in [0.05, 0.1) is 30.7 Å². The number of fused-ring (bicyclic) bond motifs is 1. The second kappa shape index (κ2) is 7.77. The Hall–Kier alpha value is -2.43. The number of nitro groups is 1. The number of hydrogen-bond donors (Lipinski definition) is 1. The van der Waals surface area contributed by atoms with Crippen LogP contribution in [0.15, 0.2) is 12.1 Å². The molecule has 1 saturated heterocycles. The number of carboxylic acid groups (broad SMARTS) is 1. The van der Waals surface area contributed by atoms with Gasteiger partial charge in [-0.15, -0.1) is 0 Å². The lowest BCUT2D eigenvalue weighted by Gasteiger charge is -2.42. The van der Waals surface area contributed by atoms with Crippen LogP contribution < -0.4 is 0 Å². The van der Waals surface area contributed by atoms with Gasteiger partial charge in [0.25, 0.3) is 11.6 Å². The molecule has 0 atom stereocenters. The van der Waals surface area contributed by atoms with E-state index in [1.54, 1.807) is 20.8 Å². The summed E-state index contributed by atoms with van der Waals surface area (Å²) in [6.45, 7) is 5.95. The first-order chi connectivity index (χ1) is 13.5. The molecule has 2 amide bonds. The van der Waals surface area contributed by atoms with Crippen molar-refractivity contribution in [2.75, 3.05) is 19.8 Å². The topological polar surface area (TPSA) is 122 Å². The third-order valence-electron chi connectivity index (χ3n) is 4.86. The van der Waals surface area contributed by atoms with E-state index in [0.29, 0.717) is 11.1 Å². The summed E-state index contributed by atoms with van der Waals surface area (Å²) in [5.41, 5.74) is -0.0241. The molecule has 0 spiro atoms. The molecule has 0 aromatic heterocycles. The van der Waals surface area contributed by atoms with Gasteiger partial charge in [-0.05, 0) is 32.4 Å². The molecular formula is C18H22ClN3O7. The van der Waals surface area contributed by atoms with Crippen LogP contribution in [0.25, 0.3) is 0 Å². The van der Waals surface area contributed by atoms with Crippen LogP contribution in [0.4, 0.5) is 10.5 Å². The Kier molecular flexibility index (Phi) is 5.70. The van der Waals surface area contributed by atoms with Gasteiger partial charge in [-0.1, -0.05) is 11.6 Å². The Morgan fingerprint density at radius 2 is 2.00 bits per heavy atom. The lowest BCUT2D eigenvalue weighted by atomic mass is 10.0. The number of halogens is 1. The van der Waals surface area contributed by atoms with Crippen LogP contribution in [0.5, 0.6) is 0 Å². The summed E-state index contributed by atoms with van der Waals surface area (Å²) in [6, 6.07) is 2.16. The minimum Gasteiger partial charge on any atom is -0.465 e. The van der Waals surface area contributed by atoms with Gasteiger partial charge in [0.2, 0.25) is 0 Å². The highest BCUT2D eigenvalue weighted by Crippen LogP contribution is 2.33. The fourth-order valence-electron chi connectivity index (χ4n) is 3.63. The summed E-state index contributed by atoms with van der Waals surface area (Å²) in [7, 11) is 0. The third kappa shape index (κ3) is 4.29. The second-order valence-corrected chi connectivity index (χ2v) is 8.38. The molecule has 0 bridgehead atoms. The molecule has 2 aliphatic heterocycles. The van der Waals surface area contributed by atoms with Crippen LogP contribution in [-0.4, -0.2) is 69.5 Å². The van der Waals surface area contributed by atoms with Crippen molar-refractivity contribution in [3.63, 3.8) is 0 Å². The molecule has 0 radical (unpaired) electrons. The van der Waals surface area contributed by atoms with E-state index in [9.17, 15) is 24.8 Å². The van der Waals surface area contributed by atoms with E-state index in [1.165, 1.54) is 21.9 Å². The van der Waals surface area contributed by atoms with Gasteiger partial charge in [-0.2, -0.15) is 0 Å². The Bertz CT molecular complexity index is 847. The molecule has 2 aliphatic rings. The number of rotatable bonds is 4. The molecule has 11 heteroatoms. The van der Waals surface area contributed by atoms with Crippen LogP contribution in [0.2, 0.25) is 5.02 Å². The number of amides is 2. The largest absolute Gasteiger partial charge is 0.465 e. The van der Waals surface area contributed by atoms with Crippen LogP contribution in [0.3, 0.4) is 0 Å². The molecular weight excluding hydrogens is 406 g/mol. The summed E-state index contributed by atoms with van der Waals surface area (Å²) in [6.07, 6.45) is -1.78. The fourth-order valence-corrected chi connectivity index (χ4v) is 3.86. The molecule has 2 heterocycles. The van der Waals surface area contributed by atoms with Gasteiger partial charge in [0, 0.05) is 23.7 Å². The van der Waals surface area contributed by atoms with Gasteiger partial charge in [-0.3, -0.25) is 19.8 Å². The Labute approximate surface area is 172 Å². The summed E-state index contributed by atoms with van der Waals surface area (Å²) < 4.78 is 11.3. The quantitative estimate of drug-likeness (QED) is 0.578. The molecule has 29 heavy (non-hydrogen) atoms. The SMILES string of the molecule is CC(C)(C)N(C(=O)O)C1COC(CN2Cc3cc([N+](=O)[O-])c(Cl)cc3C2=O)OC1. The van der Waals surface area contributed by atoms with E-state index in [4.69, 9.17) is 21.1 Å². The van der Waals surface area contributed by atoms with Gasteiger partial charge in [0.15, 0.2) is 6.29 Å². The molecule has 10 nitrogen and oxygen atoms in total. The highest BCUT2D eigenvalue weighted by molar-refractivity contribution is 6.33. The van der Waals surface area contributed by atoms with Crippen molar-refractivity contribution >= 4 is 29.3 Å². The number of benzene rings is 1. The van der Waals surface area contributed by atoms with Crippen molar-refractivity contribution in [1.82, 2.24) is 9.80 Å². The summed E-state index contributed by atoms with van der Waals surface area (Å²) in [5.74, 6) is -0.312. The third-order valence-corrected chi connectivity index (χ3v) is 5.16. The predicted octanol–water partition coefficient (Wildman–Crippen LogP) is 2.72. The summed E-state index contributed by atoms with van der Waals surface area (Å²) in [4.78, 5) is 37.4. The summed E-state index contributed by atoms with van der Waals surface area (Å²) >= 11 is 5.90. The van der Waals surface area contributed by atoms with Gasteiger partial charge in [0.1, 0.15) is 5.02 Å². The van der Waals surface area contributed by atoms with Crippen LogP contribution >= 0.6 is 11.6 Å². The maximum absolute atomic E-state index is 12.6.